The highest BCUT2D eigenvalue weighted by Gasteiger charge is 2.31. The van der Waals surface area contributed by atoms with Gasteiger partial charge in [-0.1, -0.05) is 32.5 Å². The van der Waals surface area contributed by atoms with Crippen LogP contribution in [0.5, 0.6) is 0 Å². The molecule has 0 saturated heterocycles. The quantitative estimate of drug-likeness (QED) is 0.655. The molecular formula is C16H22N4OS2. The normalized spacial score (nSPS) is 18.1. The summed E-state index contributed by atoms with van der Waals surface area (Å²) in [4.78, 5) is 22.2. The minimum atomic E-state index is -0.379. The van der Waals surface area contributed by atoms with E-state index in [1.54, 1.807) is 11.3 Å². The number of nitrogen functional groups attached to an aromatic ring is 1. The minimum Gasteiger partial charge on any atom is -0.383 e. The van der Waals surface area contributed by atoms with Crippen LogP contribution in [0.4, 0.5) is 5.82 Å². The number of aryl methyl sites for hydroxylation is 1. The van der Waals surface area contributed by atoms with Gasteiger partial charge in [0.2, 0.25) is 5.91 Å². The number of carbonyl (C=O) groups excluding carboxylic acids is 1. The molecule has 2 aromatic heterocycles. The molecule has 23 heavy (non-hydrogen) atoms. The zero-order valence-electron chi connectivity index (χ0n) is 13.7. The van der Waals surface area contributed by atoms with Gasteiger partial charge in [-0.3, -0.25) is 4.79 Å². The Labute approximate surface area is 144 Å². The predicted octanol–water partition coefficient (Wildman–Crippen LogP) is 3.00. The highest BCUT2D eigenvalue weighted by atomic mass is 32.2. The van der Waals surface area contributed by atoms with Gasteiger partial charge in [0.25, 0.3) is 0 Å². The highest BCUT2D eigenvalue weighted by Crippen LogP contribution is 2.44. The number of anilines is 1. The first-order valence-corrected chi connectivity index (χ1v) is 9.54. The number of hydrogen-bond acceptors (Lipinski definition) is 6. The van der Waals surface area contributed by atoms with Gasteiger partial charge < -0.3 is 11.5 Å². The van der Waals surface area contributed by atoms with E-state index in [-0.39, 0.29) is 11.7 Å². The van der Waals surface area contributed by atoms with E-state index in [9.17, 15) is 4.79 Å². The van der Waals surface area contributed by atoms with Crippen molar-refractivity contribution in [3.05, 3.63) is 10.4 Å². The molecule has 124 valence electrons. The maximum atomic E-state index is 10.9. The predicted molar refractivity (Wildman–Crippen MR) is 96.7 cm³/mol. The van der Waals surface area contributed by atoms with Gasteiger partial charge in [0.15, 0.2) is 5.16 Å². The molecule has 1 atom stereocenters. The van der Waals surface area contributed by atoms with Crippen molar-refractivity contribution in [3.63, 3.8) is 0 Å². The third kappa shape index (κ3) is 3.30. The Morgan fingerprint density at radius 1 is 1.39 bits per heavy atom. The zero-order chi connectivity index (χ0) is 16.8. The van der Waals surface area contributed by atoms with Gasteiger partial charge in [-0.05, 0) is 36.2 Å². The lowest BCUT2D eigenvalue weighted by molar-refractivity contribution is -0.115. The molecule has 7 heteroatoms. The average Bonchev–Trinajstić information content (AvgIpc) is 2.81. The number of nitrogens with two attached hydrogens (primary N) is 2. The standard InChI is InChI=1S/C16H22N4OS2/c1-16(2,3)8-4-5-9-10(6-8)23-14-12(9)13(18)19-15(20-14)22-7-11(17)21/h8H,4-7H2,1-3H3,(H2,17,21)(H2,18,19,20)/t8-/m0/s1. The molecule has 1 aliphatic rings. The van der Waals surface area contributed by atoms with E-state index in [0.717, 1.165) is 23.1 Å². The summed E-state index contributed by atoms with van der Waals surface area (Å²) in [5.41, 5.74) is 13.0. The third-order valence-corrected chi connectivity index (χ3v) is 6.50. The van der Waals surface area contributed by atoms with Gasteiger partial charge >= 0.3 is 0 Å². The first-order valence-electron chi connectivity index (χ1n) is 7.74. The molecule has 0 aromatic carbocycles. The van der Waals surface area contributed by atoms with Crippen LogP contribution in [-0.4, -0.2) is 21.6 Å². The van der Waals surface area contributed by atoms with Crippen LogP contribution >= 0.6 is 23.1 Å². The molecule has 0 bridgehead atoms. The number of amides is 1. The smallest absolute Gasteiger partial charge is 0.227 e. The number of rotatable bonds is 3. The van der Waals surface area contributed by atoms with Crippen LogP contribution in [0, 0.1) is 11.3 Å². The topological polar surface area (TPSA) is 94.9 Å². The molecule has 1 amide bonds. The average molecular weight is 351 g/mol. The Morgan fingerprint density at radius 2 is 2.13 bits per heavy atom. The minimum absolute atomic E-state index is 0.169. The lowest BCUT2D eigenvalue weighted by Gasteiger charge is -2.33. The molecule has 0 fully saturated rings. The zero-order valence-corrected chi connectivity index (χ0v) is 15.3. The fourth-order valence-electron chi connectivity index (χ4n) is 3.12. The van der Waals surface area contributed by atoms with Crippen LogP contribution < -0.4 is 11.5 Å². The van der Waals surface area contributed by atoms with Crippen molar-refractivity contribution in [2.45, 2.75) is 45.2 Å². The van der Waals surface area contributed by atoms with Gasteiger partial charge in [0.05, 0.1) is 11.1 Å². The summed E-state index contributed by atoms with van der Waals surface area (Å²) in [7, 11) is 0. The van der Waals surface area contributed by atoms with E-state index in [4.69, 9.17) is 11.5 Å². The summed E-state index contributed by atoms with van der Waals surface area (Å²) in [6.07, 6.45) is 3.31. The van der Waals surface area contributed by atoms with Gasteiger partial charge in [0.1, 0.15) is 10.6 Å². The molecule has 0 aliphatic heterocycles. The maximum Gasteiger partial charge on any atom is 0.227 e. The summed E-state index contributed by atoms with van der Waals surface area (Å²) in [6, 6.07) is 0. The van der Waals surface area contributed by atoms with Gasteiger partial charge in [-0.25, -0.2) is 9.97 Å². The third-order valence-electron chi connectivity index (χ3n) is 4.48. The molecule has 4 N–H and O–H groups in total. The molecule has 5 nitrogen and oxygen atoms in total. The van der Waals surface area contributed by atoms with Crippen molar-refractivity contribution >= 4 is 45.0 Å². The fourth-order valence-corrected chi connectivity index (χ4v) is 5.08. The highest BCUT2D eigenvalue weighted by molar-refractivity contribution is 7.99. The van der Waals surface area contributed by atoms with Crippen LogP contribution in [0.1, 0.15) is 37.6 Å². The number of thiophene rings is 1. The Morgan fingerprint density at radius 3 is 2.78 bits per heavy atom. The summed E-state index contributed by atoms with van der Waals surface area (Å²) in [5.74, 6) is 0.993. The van der Waals surface area contributed by atoms with E-state index in [1.165, 1.54) is 28.6 Å². The molecule has 1 aliphatic carbocycles. The number of nitrogens with zero attached hydrogens (tertiary/aromatic N) is 2. The monoisotopic (exact) mass is 350 g/mol. The number of thioether (sulfide) groups is 1. The van der Waals surface area contributed by atoms with Crippen molar-refractivity contribution in [3.8, 4) is 0 Å². The fraction of sp³-hybridized carbons (Fsp3) is 0.562. The summed E-state index contributed by atoms with van der Waals surface area (Å²) < 4.78 is 0. The molecule has 3 rings (SSSR count). The van der Waals surface area contributed by atoms with E-state index in [1.807, 2.05) is 0 Å². The molecule has 0 spiro atoms. The largest absolute Gasteiger partial charge is 0.383 e. The van der Waals surface area contributed by atoms with E-state index >= 15 is 0 Å². The second-order valence-corrected chi connectivity index (χ2v) is 9.16. The number of fused-ring (bicyclic) bond motifs is 3. The molecule has 2 heterocycles. The number of primary amides is 1. The van der Waals surface area contributed by atoms with E-state index < -0.39 is 0 Å². The number of aromatic nitrogens is 2. The second-order valence-electron chi connectivity index (χ2n) is 7.14. The van der Waals surface area contributed by atoms with Crippen molar-refractivity contribution in [2.75, 3.05) is 11.5 Å². The van der Waals surface area contributed by atoms with Crippen LogP contribution in [0.3, 0.4) is 0 Å². The SMILES string of the molecule is CC(C)(C)[C@H]1CCc2c(sc3nc(SCC(N)=O)nc(N)c23)C1. The second kappa shape index (κ2) is 5.94. The molecule has 0 saturated carbocycles. The summed E-state index contributed by atoms with van der Waals surface area (Å²) in [6.45, 7) is 6.92. The van der Waals surface area contributed by atoms with Crippen molar-refractivity contribution in [1.29, 1.82) is 0 Å². The Bertz CT molecular complexity index is 764. The van der Waals surface area contributed by atoms with E-state index in [2.05, 4.69) is 30.7 Å². The Balaban J connectivity index is 1.97. The Kier molecular flexibility index (Phi) is 4.27. The van der Waals surface area contributed by atoms with Crippen LogP contribution in [0.25, 0.3) is 10.2 Å². The van der Waals surface area contributed by atoms with Crippen LogP contribution in [-0.2, 0) is 17.6 Å². The summed E-state index contributed by atoms with van der Waals surface area (Å²) >= 11 is 2.96. The summed E-state index contributed by atoms with van der Waals surface area (Å²) in [5, 5.41) is 1.54. The lowest BCUT2D eigenvalue weighted by atomic mass is 9.72. The molecule has 0 unspecified atom stereocenters. The van der Waals surface area contributed by atoms with Crippen LogP contribution in [0.15, 0.2) is 5.16 Å². The van der Waals surface area contributed by atoms with Gasteiger partial charge in [-0.15, -0.1) is 11.3 Å². The van der Waals surface area contributed by atoms with Gasteiger partial charge in [0, 0.05) is 4.88 Å². The maximum absolute atomic E-state index is 10.9. The number of hydrogen-bond donors (Lipinski definition) is 2. The van der Waals surface area contributed by atoms with Crippen molar-refractivity contribution in [2.24, 2.45) is 17.1 Å². The Hall–Kier alpha value is -1.34. The lowest BCUT2D eigenvalue weighted by Crippen LogP contribution is -2.26. The van der Waals surface area contributed by atoms with Gasteiger partial charge in [-0.2, -0.15) is 0 Å². The molecule has 0 radical (unpaired) electrons. The van der Waals surface area contributed by atoms with Crippen molar-refractivity contribution in [1.82, 2.24) is 9.97 Å². The van der Waals surface area contributed by atoms with E-state index in [0.29, 0.717) is 22.3 Å². The van der Waals surface area contributed by atoms with Crippen LogP contribution in [0.2, 0.25) is 0 Å². The van der Waals surface area contributed by atoms with Crippen molar-refractivity contribution < 1.29 is 4.79 Å². The first kappa shape index (κ1) is 16.5. The number of carbonyl (C=O) groups is 1. The molecule has 2 aromatic rings. The molecular weight excluding hydrogens is 328 g/mol. The first-order chi connectivity index (χ1) is 10.8.